The topological polar surface area (TPSA) is 108 Å². The molecule has 0 saturated heterocycles. The second-order valence-corrected chi connectivity index (χ2v) is 6.53. The summed E-state index contributed by atoms with van der Waals surface area (Å²) >= 11 is 0. The van der Waals surface area contributed by atoms with Gasteiger partial charge in [0.25, 0.3) is 5.56 Å². The fourth-order valence-electron chi connectivity index (χ4n) is 3.06. The van der Waals surface area contributed by atoms with Crippen molar-refractivity contribution < 1.29 is 18.7 Å². The van der Waals surface area contributed by atoms with Crippen molar-refractivity contribution >= 4 is 28.6 Å². The third-order valence-electron chi connectivity index (χ3n) is 4.55. The van der Waals surface area contributed by atoms with Crippen LogP contribution in [0.1, 0.15) is 10.4 Å². The molecule has 9 nitrogen and oxygen atoms in total. The molecule has 0 aliphatic heterocycles. The zero-order valence-corrected chi connectivity index (χ0v) is 16.3. The van der Waals surface area contributed by atoms with Gasteiger partial charge in [0.2, 0.25) is 5.91 Å². The maximum atomic E-state index is 13.2. The molecule has 1 amide bonds. The van der Waals surface area contributed by atoms with Gasteiger partial charge in [-0.05, 0) is 36.4 Å². The zero-order chi connectivity index (χ0) is 22.0. The Hall–Kier alpha value is -4.34. The van der Waals surface area contributed by atoms with Crippen molar-refractivity contribution in [2.45, 2.75) is 6.54 Å². The van der Waals surface area contributed by atoms with Crippen LogP contribution in [0.15, 0.2) is 65.8 Å². The second-order valence-electron chi connectivity index (χ2n) is 6.53. The van der Waals surface area contributed by atoms with Gasteiger partial charge < -0.3 is 10.1 Å². The molecule has 10 heteroatoms. The van der Waals surface area contributed by atoms with Crippen LogP contribution < -0.4 is 10.9 Å². The third kappa shape index (κ3) is 3.90. The first-order chi connectivity index (χ1) is 15.0. The van der Waals surface area contributed by atoms with Gasteiger partial charge in [0.15, 0.2) is 5.65 Å². The summed E-state index contributed by atoms with van der Waals surface area (Å²) in [6.45, 7) is -0.320. The summed E-state index contributed by atoms with van der Waals surface area (Å²) in [7, 11) is 1.24. The third-order valence-corrected chi connectivity index (χ3v) is 4.55. The molecule has 0 aliphatic rings. The maximum absolute atomic E-state index is 13.2. The van der Waals surface area contributed by atoms with Crippen molar-refractivity contribution in [2.75, 3.05) is 12.4 Å². The Kier molecular flexibility index (Phi) is 5.27. The van der Waals surface area contributed by atoms with Gasteiger partial charge in [-0.2, -0.15) is 5.10 Å². The molecular formula is C21H16FN5O4. The van der Waals surface area contributed by atoms with Crippen molar-refractivity contribution in [1.29, 1.82) is 0 Å². The number of para-hydroxylation sites is 1. The molecule has 0 fully saturated rings. The van der Waals surface area contributed by atoms with Crippen LogP contribution >= 0.6 is 0 Å². The normalized spacial score (nSPS) is 10.8. The number of anilines is 1. The second kappa shape index (κ2) is 8.19. The molecule has 4 aromatic rings. The zero-order valence-electron chi connectivity index (χ0n) is 16.3. The van der Waals surface area contributed by atoms with Gasteiger partial charge in [-0.25, -0.2) is 18.9 Å². The van der Waals surface area contributed by atoms with Crippen molar-refractivity contribution in [1.82, 2.24) is 19.3 Å². The van der Waals surface area contributed by atoms with Gasteiger partial charge in [-0.1, -0.05) is 12.1 Å². The van der Waals surface area contributed by atoms with Crippen LogP contribution in [0.2, 0.25) is 0 Å². The summed E-state index contributed by atoms with van der Waals surface area (Å²) in [5.74, 6) is -1.51. The van der Waals surface area contributed by atoms with Crippen LogP contribution in [0, 0.1) is 5.82 Å². The molecule has 156 valence electrons. The number of amides is 1. The van der Waals surface area contributed by atoms with Gasteiger partial charge >= 0.3 is 5.97 Å². The Morgan fingerprint density at radius 3 is 2.61 bits per heavy atom. The van der Waals surface area contributed by atoms with E-state index in [1.165, 1.54) is 54.6 Å². The number of hydrogen-bond donors (Lipinski definition) is 1. The minimum Gasteiger partial charge on any atom is -0.465 e. The molecule has 0 unspecified atom stereocenters. The highest BCUT2D eigenvalue weighted by atomic mass is 19.1. The summed E-state index contributed by atoms with van der Waals surface area (Å²) in [5.41, 5.74) is 0.822. The monoisotopic (exact) mass is 421 g/mol. The molecule has 0 radical (unpaired) electrons. The molecule has 4 rings (SSSR count). The van der Waals surface area contributed by atoms with E-state index in [-0.39, 0.29) is 28.8 Å². The fourth-order valence-corrected chi connectivity index (χ4v) is 3.06. The summed E-state index contributed by atoms with van der Waals surface area (Å²) in [6, 6.07) is 12.0. The van der Waals surface area contributed by atoms with Crippen LogP contribution in [0.3, 0.4) is 0 Å². The number of benzene rings is 2. The lowest BCUT2D eigenvalue weighted by Crippen LogP contribution is -2.28. The number of esters is 1. The minimum absolute atomic E-state index is 0.194. The first-order valence-corrected chi connectivity index (χ1v) is 9.14. The summed E-state index contributed by atoms with van der Waals surface area (Å²) in [5, 5.41) is 6.96. The van der Waals surface area contributed by atoms with E-state index in [4.69, 9.17) is 4.74 Å². The average Bonchev–Trinajstić information content (AvgIpc) is 3.21. The Morgan fingerprint density at radius 1 is 1.13 bits per heavy atom. The molecule has 2 aromatic carbocycles. The number of rotatable bonds is 5. The molecule has 0 atom stereocenters. The van der Waals surface area contributed by atoms with Gasteiger partial charge in [0.05, 0.1) is 30.2 Å². The predicted octanol–water partition coefficient (Wildman–Crippen LogP) is 2.15. The number of methoxy groups -OCH3 is 1. The summed E-state index contributed by atoms with van der Waals surface area (Å²) in [4.78, 5) is 41.4. The molecule has 0 bridgehead atoms. The van der Waals surface area contributed by atoms with E-state index in [1.54, 1.807) is 18.2 Å². The highest BCUT2D eigenvalue weighted by Gasteiger charge is 2.16. The number of aromatic nitrogens is 4. The average molecular weight is 421 g/mol. The first-order valence-electron chi connectivity index (χ1n) is 9.14. The van der Waals surface area contributed by atoms with Crippen LogP contribution in [0.25, 0.3) is 16.7 Å². The van der Waals surface area contributed by atoms with Gasteiger partial charge in [-0.3, -0.25) is 14.2 Å². The standard InChI is InChI=1S/C21H16FN5O4/c1-31-21(30)15-4-2-3-5-17(15)25-18(28)11-26-12-23-19-16(20(26)29)10-24-27(19)14-8-6-13(22)7-9-14/h2-10,12H,11H2,1H3,(H,25,28). The molecule has 0 aliphatic carbocycles. The largest absolute Gasteiger partial charge is 0.465 e. The van der Waals surface area contributed by atoms with Gasteiger partial charge in [-0.15, -0.1) is 0 Å². The number of nitrogens with one attached hydrogen (secondary N) is 1. The van der Waals surface area contributed by atoms with Crippen molar-refractivity contribution in [3.05, 3.63) is 82.8 Å². The van der Waals surface area contributed by atoms with E-state index in [1.807, 2.05) is 0 Å². The Labute approximate surface area is 174 Å². The SMILES string of the molecule is COC(=O)c1ccccc1NC(=O)Cn1cnc2c(cnn2-c2ccc(F)cc2)c1=O. The number of carbonyl (C=O) groups excluding carboxylic acids is 2. The lowest BCUT2D eigenvalue weighted by Gasteiger charge is -2.10. The number of fused-ring (bicyclic) bond motifs is 1. The van der Waals surface area contributed by atoms with Crippen molar-refractivity contribution in [3.8, 4) is 5.69 Å². The van der Waals surface area contributed by atoms with E-state index in [0.717, 1.165) is 4.57 Å². The number of nitrogens with zero attached hydrogens (tertiary/aromatic N) is 4. The summed E-state index contributed by atoms with van der Waals surface area (Å²) in [6.07, 6.45) is 2.58. The predicted molar refractivity (Wildman–Crippen MR) is 109 cm³/mol. The number of hydrogen-bond acceptors (Lipinski definition) is 6. The molecule has 0 saturated carbocycles. The van der Waals surface area contributed by atoms with E-state index in [0.29, 0.717) is 5.69 Å². The fraction of sp³-hybridized carbons (Fsp3) is 0.0952. The van der Waals surface area contributed by atoms with Crippen LogP contribution in [0.5, 0.6) is 0 Å². The lowest BCUT2D eigenvalue weighted by atomic mass is 10.2. The summed E-state index contributed by atoms with van der Waals surface area (Å²) < 4.78 is 20.4. The van der Waals surface area contributed by atoms with Gasteiger partial charge in [0, 0.05) is 0 Å². The van der Waals surface area contributed by atoms with E-state index in [9.17, 15) is 18.8 Å². The highest BCUT2D eigenvalue weighted by Crippen LogP contribution is 2.17. The van der Waals surface area contributed by atoms with Crippen LogP contribution in [0.4, 0.5) is 10.1 Å². The Bertz CT molecular complexity index is 1340. The number of ether oxygens (including phenoxy) is 1. The quantitative estimate of drug-likeness (QED) is 0.495. The molecular weight excluding hydrogens is 405 g/mol. The first kappa shape index (κ1) is 20.0. The van der Waals surface area contributed by atoms with Crippen LogP contribution in [-0.2, 0) is 16.1 Å². The molecule has 31 heavy (non-hydrogen) atoms. The molecule has 2 aromatic heterocycles. The van der Waals surface area contributed by atoms with E-state index >= 15 is 0 Å². The molecule has 2 heterocycles. The highest BCUT2D eigenvalue weighted by molar-refractivity contribution is 6.01. The lowest BCUT2D eigenvalue weighted by molar-refractivity contribution is -0.116. The number of halogens is 1. The van der Waals surface area contributed by atoms with Crippen molar-refractivity contribution in [2.24, 2.45) is 0 Å². The van der Waals surface area contributed by atoms with E-state index in [2.05, 4.69) is 15.4 Å². The van der Waals surface area contributed by atoms with E-state index < -0.39 is 23.3 Å². The van der Waals surface area contributed by atoms with Crippen LogP contribution in [-0.4, -0.2) is 38.3 Å². The van der Waals surface area contributed by atoms with Gasteiger partial charge in [0.1, 0.15) is 24.1 Å². The van der Waals surface area contributed by atoms with Crippen molar-refractivity contribution in [3.63, 3.8) is 0 Å². The smallest absolute Gasteiger partial charge is 0.339 e. The number of carbonyl (C=O) groups is 2. The Morgan fingerprint density at radius 2 is 1.87 bits per heavy atom. The maximum Gasteiger partial charge on any atom is 0.339 e. The molecule has 0 spiro atoms. The Balaban J connectivity index is 1.59. The minimum atomic E-state index is -0.593. The molecule has 1 N–H and O–H groups in total.